The van der Waals surface area contributed by atoms with E-state index in [1.807, 2.05) is 50.5 Å². The van der Waals surface area contributed by atoms with Crippen LogP contribution in [0.25, 0.3) is 0 Å². The molecular formula is C16H18N4OS. The number of amides is 1. The van der Waals surface area contributed by atoms with Gasteiger partial charge in [0.15, 0.2) is 0 Å². The molecule has 0 spiro atoms. The van der Waals surface area contributed by atoms with Crippen LogP contribution in [0.15, 0.2) is 47.7 Å². The first kappa shape index (κ1) is 14.8. The molecule has 1 aliphatic heterocycles. The molecule has 1 aliphatic rings. The Labute approximate surface area is 134 Å². The summed E-state index contributed by atoms with van der Waals surface area (Å²) in [5.41, 5.74) is 1.90. The van der Waals surface area contributed by atoms with Crippen molar-refractivity contribution in [1.82, 2.24) is 9.78 Å². The second-order valence-electron chi connectivity index (χ2n) is 5.08. The van der Waals surface area contributed by atoms with E-state index in [0.717, 1.165) is 16.3 Å². The lowest BCUT2D eigenvalue weighted by molar-refractivity contribution is -0.119. The van der Waals surface area contributed by atoms with Gasteiger partial charge in [0.2, 0.25) is 0 Å². The van der Waals surface area contributed by atoms with Crippen LogP contribution in [0.2, 0.25) is 0 Å². The van der Waals surface area contributed by atoms with Gasteiger partial charge in [0, 0.05) is 31.1 Å². The van der Waals surface area contributed by atoms with Gasteiger partial charge in [-0.25, -0.2) is 0 Å². The second kappa shape index (κ2) is 6.36. The number of benzene rings is 1. The molecule has 2 heterocycles. The van der Waals surface area contributed by atoms with Gasteiger partial charge < -0.3 is 4.90 Å². The lowest BCUT2D eigenvalue weighted by Gasteiger charge is -2.20. The highest BCUT2D eigenvalue weighted by Gasteiger charge is 2.30. The number of likely N-dealkylation sites (N-methyl/N-ethyl adjacent to an activating group) is 1. The van der Waals surface area contributed by atoms with Crippen LogP contribution in [0.3, 0.4) is 0 Å². The van der Waals surface area contributed by atoms with Crippen molar-refractivity contribution in [1.29, 1.82) is 0 Å². The zero-order valence-corrected chi connectivity index (χ0v) is 13.5. The van der Waals surface area contributed by atoms with E-state index in [1.54, 1.807) is 27.5 Å². The normalized spacial score (nSPS) is 17.4. The molecule has 2 aromatic rings. The number of thioether (sulfide) groups is 1. The van der Waals surface area contributed by atoms with Crippen molar-refractivity contribution in [2.24, 2.45) is 12.0 Å². The summed E-state index contributed by atoms with van der Waals surface area (Å²) in [6, 6.07) is 9.69. The van der Waals surface area contributed by atoms with Gasteiger partial charge in [-0.1, -0.05) is 30.3 Å². The molecule has 1 aromatic carbocycles. The second-order valence-corrected chi connectivity index (χ2v) is 6.09. The fourth-order valence-corrected chi connectivity index (χ4v) is 3.47. The van der Waals surface area contributed by atoms with Crippen molar-refractivity contribution in [2.75, 3.05) is 17.2 Å². The maximum Gasteiger partial charge on any atom is 0.252 e. The monoisotopic (exact) mass is 314 g/mol. The molecule has 0 saturated heterocycles. The van der Waals surface area contributed by atoms with E-state index in [2.05, 4.69) is 10.1 Å². The van der Waals surface area contributed by atoms with E-state index >= 15 is 0 Å². The molecule has 0 aliphatic carbocycles. The molecule has 22 heavy (non-hydrogen) atoms. The summed E-state index contributed by atoms with van der Waals surface area (Å²) in [5, 5.41) is 5.08. The molecule has 0 saturated carbocycles. The van der Waals surface area contributed by atoms with Crippen molar-refractivity contribution in [3.05, 3.63) is 48.3 Å². The van der Waals surface area contributed by atoms with Crippen LogP contribution in [0.1, 0.15) is 12.5 Å². The van der Waals surface area contributed by atoms with Crippen LogP contribution in [-0.4, -0.2) is 39.1 Å². The molecule has 0 radical (unpaired) electrons. The van der Waals surface area contributed by atoms with Crippen LogP contribution in [0.5, 0.6) is 0 Å². The predicted molar refractivity (Wildman–Crippen MR) is 90.5 cm³/mol. The summed E-state index contributed by atoms with van der Waals surface area (Å²) in [6.45, 7) is 2.58. The standard InChI is InChI=1S/C16H18N4OS/c1-3-20(13-9-17-19(2)10-13)16(21)14-11-22-15(18-14)12-7-5-4-6-8-12/h4-10,14H,3,11H2,1-2H3/t14-/m0/s1. The Morgan fingerprint density at radius 3 is 2.82 bits per heavy atom. The van der Waals surface area contributed by atoms with Crippen LogP contribution in [-0.2, 0) is 11.8 Å². The first-order chi connectivity index (χ1) is 10.7. The maximum absolute atomic E-state index is 12.7. The van der Waals surface area contributed by atoms with Crippen molar-refractivity contribution in [2.45, 2.75) is 13.0 Å². The number of aliphatic imine (C=N–C) groups is 1. The number of aryl methyl sites for hydroxylation is 1. The predicted octanol–water partition coefficient (Wildman–Crippen LogP) is 2.34. The van der Waals surface area contributed by atoms with Gasteiger partial charge in [0.25, 0.3) is 5.91 Å². The molecule has 0 bridgehead atoms. The van der Waals surface area contributed by atoms with E-state index in [0.29, 0.717) is 12.3 Å². The average molecular weight is 314 g/mol. The van der Waals surface area contributed by atoms with Gasteiger partial charge in [-0.15, -0.1) is 11.8 Å². The zero-order valence-electron chi connectivity index (χ0n) is 12.6. The van der Waals surface area contributed by atoms with Crippen LogP contribution in [0, 0.1) is 0 Å². The molecule has 5 nitrogen and oxygen atoms in total. The van der Waals surface area contributed by atoms with Crippen LogP contribution < -0.4 is 4.90 Å². The Morgan fingerprint density at radius 1 is 1.41 bits per heavy atom. The average Bonchev–Trinajstić information content (AvgIpc) is 3.18. The molecular weight excluding hydrogens is 296 g/mol. The summed E-state index contributed by atoms with van der Waals surface area (Å²) < 4.78 is 1.70. The fourth-order valence-electron chi connectivity index (χ4n) is 2.43. The molecule has 6 heteroatoms. The quantitative estimate of drug-likeness (QED) is 0.870. The Bertz CT molecular complexity index is 695. The highest BCUT2D eigenvalue weighted by Crippen LogP contribution is 2.25. The first-order valence-corrected chi connectivity index (χ1v) is 8.23. The lowest BCUT2D eigenvalue weighted by atomic mass is 10.2. The van der Waals surface area contributed by atoms with E-state index in [1.165, 1.54) is 0 Å². The third kappa shape index (κ3) is 2.92. The van der Waals surface area contributed by atoms with Crippen LogP contribution >= 0.6 is 11.8 Å². The van der Waals surface area contributed by atoms with Gasteiger partial charge in [-0.2, -0.15) is 5.10 Å². The number of hydrogen-bond acceptors (Lipinski definition) is 4. The molecule has 1 atom stereocenters. The Balaban J connectivity index is 1.79. The SMILES string of the molecule is CCN(C(=O)[C@@H]1CSC(c2ccccc2)=N1)c1cnn(C)c1. The van der Waals surface area contributed by atoms with E-state index in [-0.39, 0.29) is 11.9 Å². The van der Waals surface area contributed by atoms with Crippen molar-refractivity contribution >= 4 is 28.4 Å². The first-order valence-electron chi connectivity index (χ1n) is 7.25. The van der Waals surface area contributed by atoms with E-state index < -0.39 is 0 Å². The topological polar surface area (TPSA) is 50.5 Å². The maximum atomic E-state index is 12.7. The summed E-state index contributed by atoms with van der Waals surface area (Å²) in [4.78, 5) is 19.1. The molecule has 114 valence electrons. The molecule has 0 N–H and O–H groups in total. The number of nitrogens with zero attached hydrogens (tertiary/aromatic N) is 4. The number of carbonyl (C=O) groups excluding carboxylic acids is 1. The Morgan fingerprint density at radius 2 is 2.18 bits per heavy atom. The van der Waals surface area contributed by atoms with Gasteiger partial charge >= 0.3 is 0 Å². The Hall–Kier alpha value is -2.08. The van der Waals surface area contributed by atoms with E-state index in [4.69, 9.17) is 0 Å². The highest BCUT2D eigenvalue weighted by molar-refractivity contribution is 8.14. The summed E-state index contributed by atoms with van der Waals surface area (Å²) >= 11 is 1.64. The molecule has 0 unspecified atom stereocenters. The minimum absolute atomic E-state index is 0.0360. The van der Waals surface area contributed by atoms with Gasteiger partial charge in [-0.3, -0.25) is 14.5 Å². The van der Waals surface area contributed by atoms with Gasteiger partial charge in [0.05, 0.1) is 16.9 Å². The smallest absolute Gasteiger partial charge is 0.252 e. The van der Waals surface area contributed by atoms with Crippen molar-refractivity contribution in [3.63, 3.8) is 0 Å². The summed E-state index contributed by atoms with van der Waals surface area (Å²) in [6.07, 6.45) is 3.57. The number of anilines is 1. The largest absolute Gasteiger partial charge is 0.308 e. The minimum Gasteiger partial charge on any atom is -0.308 e. The van der Waals surface area contributed by atoms with Crippen molar-refractivity contribution < 1.29 is 4.79 Å². The fraction of sp³-hybridized carbons (Fsp3) is 0.312. The summed E-state index contributed by atoms with van der Waals surface area (Å²) in [7, 11) is 1.85. The molecule has 1 amide bonds. The van der Waals surface area contributed by atoms with Crippen LogP contribution in [0.4, 0.5) is 5.69 Å². The third-order valence-corrected chi connectivity index (χ3v) is 4.64. The third-order valence-electron chi connectivity index (χ3n) is 3.54. The highest BCUT2D eigenvalue weighted by atomic mass is 32.2. The number of rotatable bonds is 4. The molecule has 0 fully saturated rings. The van der Waals surface area contributed by atoms with Gasteiger partial charge in [-0.05, 0) is 6.92 Å². The number of carbonyl (C=O) groups is 1. The van der Waals surface area contributed by atoms with Crippen molar-refractivity contribution in [3.8, 4) is 0 Å². The lowest BCUT2D eigenvalue weighted by Crippen LogP contribution is -2.38. The summed E-state index contributed by atoms with van der Waals surface area (Å²) in [5.74, 6) is 0.730. The number of hydrogen-bond donors (Lipinski definition) is 0. The van der Waals surface area contributed by atoms with E-state index in [9.17, 15) is 4.79 Å². The Kier molecular flexibility index (Phi) is 4.29. The number of aromatic nitrogens is 2. The zero-order chi connectivity index (χ0) is 15.5. The molecule has 3 rings (SSSR count). The van der Waals surface area contributed by atoms with Gasteiger partial charge in [0.1, 0.15) is 6.04 Å². The minimum atomic E-state index is -0.319. The molecule has 1 aromatic heterocycles.